The zero-order valence-electron chi connectivity index (χ0n) is 21.6. The molecular formula is C29H34N4O5. The molecule has 38 heavy (non-hydrogen) atoms. The number of anilines is 2. The summed E-state index contributed by atoms with van der Waals surface area (Å²) in [6, 6.07) is 19.6. The molecule has 0 radical (unpaired) electrons. The van der Waals surface area contributed by atoms with Crippen LogP contribution in [-0.2, 0) is 14.3 Å². The van der Waals surface area contributed by atoms with Gasteiger partial charge in [0.25, 0.3) is 0 Å². The molecule has 0 atom stereocenters. The molecule has 0 unspecified atom stereocenters. The minimum atomic E-state index is -1.82. The number of carboxylic acids is 2. The number of carbonyl (C=O) groups is 2. The summed E-state index contributed by atoms with van der Waals surface area (Å²) in [6.07, 6.45) is 4.31. The fourth-order valence-electron chi connectivity index (χ4n) is 4.60. The number of piperazine rings is 1. The smallest absolute Gasteiger partial charge is 0.414 e. The molecule has 2 N–H and O–H groups in total. The van der Waals surface area contributed by atoms with Crippen LogP contribution in [0.1, 0.15) is 18.2 Å². The van der Waals surface area contributed by atoms with Crippen molar-refractivity contribution in [1.82, 2.24) is 9.88 Å². The van der Waals surface area contributed by atoms with Gasteiger partial charge in [-0.05, 0) is 41.8 Å². The second kappa shape index (κ2) is 13.0. The molecule has 3 heterocycles. The van der Waals surface area contributed by atoms with Crippen molar-refractivity contribution < 1.29 is 24.5 Å². The van der Waals surface area contributed by atoms with Crippen LogP contribution in [0.2, 0.25) is 0 Å². The highest BCUT2D eigenvalue weighted by atomic mass is 16.5. The minimum absolute atomic E-state index is 0.811. The molecule has 9 heteroatoms. The van der Waals surface area contributed by atoms with E-state index < -0.39 is 11.9 Å². The summed E-state index contributed by atoms with van der Waals surface area (Å²) < 4.78 is 5.46. The van der Waals surface area contributed by atoms with E-state index in [4.69, 9.17) is 29.5 Å². The number of morpholine rings is 1. The summed E-state index contributed by atoms with van der Waals surface area (Å²) in [4.78, 5) is 30.6. The van der Waals surface area contributed by atoms with Crippen LogP contribution in [-0.4, -0.2) is 91.1 Å². The van der Waals surface area contributed by atoms with Gasteiger partial charge in [-0.15, -0.1) is 0 Å². The Kier molecular flexibility index (Phi) is 9.29. The second-order valence-electron chi connectivity index (χ2n) is 9.15. The maximum Gasteiger partial charge on any atom is 0.414 e. The number of ether oxygens (including phenoxy) is 1. The van der Waals surface area contributed by atoms with Crippen molar-refractivity contribution in [3.63, 3.8) is 0 Å². The molecule has 2 aliphatic rings. The van der Waals surface area contributed by atoms with Gasteiger partial charge in [0.15, 0.2) is 0 Å². The second-order valence-corrected chi connectivity index (χ2v) is 9.15. The number of fused-ring (bicyclic) bond motifs is 1. The average molecular weight is 519 g/mol. The molecule has 0 saturated carbocycles. The number of aromatic nitrogens is 1. The van der Waals surface area contributed by atoms with Crippen LogP contribution in [0, 0.1) is 0 Å². The van der Waals surface area contributed by atoms with E-state index in [9.17, 15) is 0 Å². The maximum atomic E-state index is 9.10. The third-order valence-corrected chi connectivity index (χ3v) is 6.76. The molecule has 0 bridgehead atoms. The third kappa shape index (κ3) is 7.08. The van der Waals surface area contributed by atoms with E-state index >= 15 is 0 Å². The van der Waals surface area contributed by atoms with Gasteiger partial charge in [0.1, 0.15) is 5.82 Å². The molecule has 9 nitrogen and oxygen atoms in total. The Morgan fingerprint density at radius 3 is 2.16 bits per heavy atom. The Morgan fingerprint density at radius 1 is 0.868 bits per heavy atom. The van der Waals surface area contributed by atoms with Crippen molar-refractivity contribution in [2.24, 2.45) is 0 Å². The number of aliphatic carboxylic acids is 2. The quantitative estimate of drug-likeness (QED) is 0.491. The molecule has 5 rings (SSSR count). The molecule has 2 aliphatic heterocycles. The Balaban J connectivity index is 0.000000505. The number of likely N-dealkylation sites (N-methyl/N-ethyl adjacent to an activating group) is 1. The van der Waals surface area contributed by atoms with Crippen molar-refractivity contribution in [3.05, 3.63) is 65.9 Å². The van der Waals surface area contributed by atoms with Gasteiger partial charge in [0, 0.05) is 50.3 Å². The van der Waals surface area contributed by atoms with Gasteiger partial charge in [-0.3, -0.25) is 0 Å². The average Bonchev–Trinajstić information content (AvgIpc) is 2.96. The molecule has 2 fully saturated rings. The van der Waals surface area contributed by atoms with E-state index in [0.717, 1.165) is 70.5 Å². The van der Waals surface area contributed by atoms with E-state index in [1.54, 1.807) is 0 Å². The van der Waals surface area contributed by atoms with Crippen LogP contribution in [0.3, 0.4) is 0 Å². The van der Waals surface area contributed by atoms with E-state index in [2.05, 4.69) is 88.4 Å². The van der Waals surface area contributed by atoms with Crippen LogP contribution in [0.25, 0.3) is 22.9 Å². The molecule has 200 valence electrons. The lowest BCUT2D eigenvalue weighted by Gasteiger charge is -2.35. The van der Waals surface area contributed by atoms with Gasteiger partial charge in [0.2, 0.25) is 0 Å². The van der Waals surface area contributed by atoms with Crippen LogP contribution in [0.5, 0.6) is 0 Å². The van der Waals surface area contributed by atoms with E-state index in [1.165, 1.54) is 22.0 Å². The maximum absolute atomic E-state index is 9.10. The van der Waals surface area contributed by atoms with Crippen molar-refractivity contribution in [1.29, 1.82) is 0 Å². The predicted octanol–water partition coefficient (Wildman–Crippen LogP) is 3.54. The Hall–Kier alpha value is -3.95. The number of hydrogen-bond acceptors (Lipinski definition) is 7. The lowest BCUT2D eigenvalue weighted by atomic mass is 10.1. The normalized spacial score (nSPS) is 16.3. The lowest BCUT2D eigenvalue weighted by Crippen LogP contribution is -2.46. The summed E-state index contributed by atoms with van der Waals surface area (Å²) in [5.41, 5.74) is 3.46. The van der Waals surface area contributed by atoms with Crippen LogP contribution >= 0.6 is 0 Å². The van der Waals surface area contributed by atoms with Gasteiger partial charge in [-0.1, -0.05) is 49.4 Å². The van der Waals surface area contributed by atoms with Gasteiger partial charge in [-0.2, -0.15) is 0 Å². The minimum Gasteiger partial charge on any atom is -0.473 e. The lowest BCUT2D eigenvalue weighted by molar-refractivity contribution is -0.159. The van der Waals surface area contributed by atoms with Gasteiger partial charge < -0.3 is 29.6 Å². The van der Waals surface area contributed by atoms with Crippen molar-refractivity contribution in [3.8, 4) is 0 Å². The van der Waals surface area contributed by atoms with E-state index in [0.29, 0.717) is 0 Å². The molecule has 1 aromatic heterocycles. The first-order valence-electron chi connectivity index (χ1n) is 12.9. The summed E-state index contributed by atoms with van der Waals surface area (Å²) >= 11 is 0. The van der Waals surface area contributed by atoms with E-state index in [-0.39, 0.29) is 0 Å². The predicted molar refractivity (Wildman–Crippen MR) is 150 cm³/mol. The number of carboxylic acid groups (broad SMARTS) is 2. The SMILES string of the molecule is CCN1CCN(c2nc(/C=C/c3ccc(N4CCOCC4)cc3)cc3ccccc23)CC1.O=C(O)C(=O)O. The van der Waals surface area contributed by atoms with Crippen LogP contribution in [0.15, 0.2) is 54.6 Å². The first-order valence-corrected chi connectivity index (χ1v) is 12.9. The molecule has 2 saturated heterocycles. The van der Waals surface area contributed by atoms with Crippen molar-refractivity contribution >= 4 is 46.4 Å². The molecule has 3 aromatic rings. The zero-order valence-corrected chi connectivity index (χ0v) is 21.6. The first-order chi connectivity index (χ1) is 18.4. The standard InChI is InChI=1S/C27H32N4O.C2H2O4/c1-2-29-13-15-31(16-14-29)27-26-6-4-3-5-23(26)21-24(28-27)10-7-22-8-11-25(12-9-22)30-17-19-32-20-18-30;3-1(4)2(5)6/h3-12,21H,2,13-20H2,1H3;(H,3,4)(H,5,6)/b10-7+;. The van der Waals surface area contributed by atoms with Crippen molar-refractivity contribution in [2.75, 3.05) is 68.8 Å². The van der Waals surface area contributed by atoms with E-state index in [1.807, 2.05) is 0 Å². The number of hydrogen-bond donors (Lipinski definition) is 2. The van der Waals surface area contributed by atoms with Crippen LogP contribution < -0.4 is 9.80 Å². The summed E-state index contributed by atoms with van der Waals surface area (Å²) in [5.74, 6) is -2.54. The van der Waals surface area contributed by atoms with Gasteiger partial charge in [-0.25, -0.2) is 14.6 Å². The fourth-order valence-corrected chi connectivity index (χ4v) is 4.60. The molecule has 0 amide bonds. The summed E-state index contributed by atoms with van der Waals surface area (Å²) in [6.45, 7) is 11.2. The number of benzene rings is 2. The van der Waals surface area contributed by atoms with Gasteiger partial charge in [0.05, 0.1) is 18.9 Å². The number of rotatable bonds is 5. The molecule has 0 aliphatic carbocycles. The Labute approximate surface area is 222 Å². The number of pyridine rings is 1. The summed E-state index contributed by atoms with van der Waals surface area (Å²) in [5, 5.41) is 17.3. The Morgan fingerprint density at radius 2 is 1.53 bits per heavy atom. The Bertz CT molecular complexity index is 1250. The monoisotopic (exact) mass is 518 g/mol. The van der Waals surface area contributed by atoms with Crippen LogP contribution in [0.4, 0.5) is 11.5 Å². The highest BCUT2D eigenvalue weighted by Gasteiger charge is 2.19. The molecule has 2 aromatic carbocycles. The topological polar surface area (TPSA) is 106 Å². The largest absolute Gasteiger partial charge is 0.473 e. The number of nitrogens with zero attached hydrogens (tertiary/aromatic N) is 4. The highest BCUT2D eigenvalue weighted by Crippen LogP contribution is 2.27. The zero-order chi connectivity index (χ0) is 26.9. The first kappa shape index (κ1) is 27.1. The van der Waals surface area contributed by atoms with Gasteiger partial charge >= 0.3 is 11.9 Å². The fraction of sp³-hybridized carbons (Fsp3) is 0.345. The highest BCUT2D eigenvalue weighted by molar-refractivity contribution is 6.27. The third-order valence-electron chi connectivity index (χ3n) is 6.76. The van der Waals surface area contributed by atoms with Crippen molar-refractivity contribution in [2.45, 2.75) is 6.92 Å². The molecule has 0 spiro atoms. The summed E-state index contributed by atoms with van der Waals surface area (Å²) in [7, 11) is 0. The molecular weight excluding hydrogens is 484 g/mol.